The molecule has 1 fully saturated rings. The molecule has 0 radical (unpaired) electrons. The molecule has 1 aliphatic carbocycles. The van der Waals surface area contributed by atoms with E-state index < -0.39 is 17.8 Å². The molecule has 6 heteroatoms. The molecule has 26 heavy (non-hydrogen) atoms. The van der Waals surface area contributed by atoms with Gasteiger partial charge in [-0.1, -0.05) is 50.8 Å². The Morgan fingerprint density at radius 2 is 2.00 bits per heavy atom. The van der Waals surface area contributed by atoms with Gasteiger partial charge < -0.3 is 4.90 Å². The van der Waals surface area contributed by atoms with Gasteiger partial charge in [0, 0.05) is 11.3 Å². The normalized spacial score (nSPS) is 19.4. The van der Waals surface area contributed by atoms with Crippen LogP contribution in [0, 0.1) is 5.92 Å². The standard InChI is InChI=1S/C20H23F3N2O/c1-13-16-9-6-10-17(20(21,22)23)19(16)24-12-25(13)18(14(2)26)11-15-7-4-3-5-8-15/h6,9-10,12,15,18H,1,3-5,7-8,11H2,2H3. The number of rotatable bonds is 4. The third-order valence-corrected chi connectivity index (χ3v) is 5.36. The van der Waals surface area contributed by atoms with Gasteiger partial charge in [-0.05, 0) is 25.3 Å². The van der Waals surface area contributed by atoms with Crippen LogP contribution in [0.2, 0.25) is 0 Å². The van der Waals surface area contributed by atoms with Crippen LogP contribution in [0.5, 0.6) is 0 Å². The number of alkyl halides is 3. The predicted octanol–water partition coefficient (Wildman–Crippen LogP) is 5.58. The molecule has 3 nitrogen and oxygen atoms in total. The fourth-order valence-electron chi connectivity index (χ4n) is 3.96. The van der Waals surface area contributed by atoms with Crippen LogP contribution in [0.25, 0.3) is 5.70 Å². The number of aliphatic imine (C=N–C) groups is 1. The number of para-hydroxylation sites is 1. The minimum absolute atomic E-state index is 0.0152. The van der Waals surface area contributed by atoms with Crippen LogP contribution in [-0.4, -0.2) is 23.1 Å². The average Bonchev–Trinajstić information content (AvgIpc) is 2.60. The SMILES string of the molecule is C=C1c2cccc(C(F)(F)F)c2N=CN1C(CC1CCCCC1)C(C)=O. The highest BCUT2D eigenvalue weighted by atomic mass is 19.4. The number of nitrogens with zero attached hydrogens (tertiary/aromatic N) is 2. The fourth-order valence-corrected chi connectivity index (χ4v) is 3.96. The first-order valence-corrected chi connectivity index (χ1v) is 9.01. The van der Waals surface area contributed by atoms with Crippen molar-refractivity contribution in [1.29, 1.82) is 0 Å². The second-order valence-electron chi connectivity index (χ2n) is 7.16. The number of Topliss-reactive ketones (excluding diaryl/α,β-unsaturated/α-hetero) is 1. The van der Waals surface area contributed by atoms with E-state index in [4.69, 9.17) is 0 Å². The van der Waals surface area contributed by atoms with E-state index in [0.717, 1.165) is 18.9 Å². The third kappa shape index (κ3) is 3.69. The summed E-state index contributed by atoms with van der Waals surface area (Å²) < 4.78 is 39.7. The van der Waals surface area contributed by atoms with Crippen molar-refractivity contribution >= 4 is 23.5 Å². The zero-order valence-electron chi connectivity index (χ0n) is 14.9. The highest BCUT2D eigenvalue weighted by molar-refractivity contribution is 5.93. The second kappa shape index (κ2) is 7.25. The minimum Gasteiger partial charge on any atom is -0.322 e. The molecule has 1 heterocycles. The summed E-state index contributed by atoms with van der Waals surface area (Å²) in [5.74, 6) is 0.445. The van der Waals surface area contributed by atoms with Crippen molar-refractivity contribution < 1.29 is 18.0 Å². The molecule has 3 rings (SSSR count). The highest BCUT2D eigenvalue weighted by Crippen LogP contribution is 2.43. The van der Waals surface area contributed by atoms with Crippen LogP contribution in [0.3, 0.4) is 0 Å². The van der Waals surface area contributed by atoms with Gasteiger partial charge in [-0.2, -0.15) is 13.2 Å². The first kappa shape index (κ1) is 18.7. The van der Waals surface area contributed by atoms with Crippen LogP contribution >= 0.6 is 0 Å². The van der Waals surface area contributed by atoms with Gasteiger partial charge in [-0.3, -0.25) is 4.79 Å². The third-order valence-electron chi connectivity index (χ3n) is 5.36. The molecule has 0 bridgehead atoms. The van der Waals surface area contributed by atoms with Crippen molar-refractivity contribution in [2.75, 3.05) is 0 Å². The van der Waals surface area contributed by atoms with E-state index in [-0.39, 0.29) is 11.5 Å². The lowest BCUT2D eigenvalue weighted by molar-refractivity contribution is -0.137. The van der Waals surface area contributed by atoms with Crippen molar-refractivity contribution in [3.8, 4) is 0 Å². The lowest BCUT2D eigenvalue weighted by Gasteiger charge is -2.36. The molecule has 0 spiro atoms. The van der Waals surface area contributed by atoms with E-state index in [2.05, 4.69) is 11.6 Å². The van der Waals surface area contributed by atoms with Gasteiger partial charge in [0.25, 0.3) is 0 Å². The molecule has 1 unspecified atom stereocenters. The van der Waals surface area contributed by atoms with Gasteiger partial charge in [-0.15, -0.1) is 0 Å². The van der Waals surface area contributed by atoms with Crippen LogP contribution in [0.1, 0.15) is 56.6 Å². The molecule has 0 aromatic heterocycles. The molecule has 0 N–H and O–H groups in total. The van der Waals surface area contributed by atoms with E-state index in [1.54, 1.807) is 11.0 Å². The van der Waals surface area contributed by atoms with Crippen LogP contribution in [0.15, 0.2) is 29.8 Å². The van der Waals surface area contributed by atoms with Gasteiger partial charge in [0.15, 0.2) is 5.78 Å². The number of ketones is 1. The number of carbonyl (C=O) groups is 1. The van der Waals surface area contributed by atoms with Gasteiger partial charge in [0.05, 0.1) is 23.6 Å². The van der Waals surface area contributed by atoms with E-state index >= 15 is 0 Å². The molecule has 1 saturated carbocycles. The Balaban J connectivity index is 1.89. The maximum Gasteiger partial charge on any atom is 0.418 e. The summed E-state index contributed by atoms with van der Waals surface area (Å²) in [5, 5.41) is 0. The number of hydrogen-bond acceptors (Lipinski definition) is 3. The molecule has 1 aliphatic heterocycles. The fraction of sp³-hybridized carbons (Fsp3) is 0.500. The summed E-state index contributed by atoms with van der Waals surface area (Å²) in [6, 6.07) is 3.52. The largest absolute Gasteiger partial charge is 0.418 e. The molecule has 0 saturated heterocycles. The zero-order valence-corrected chi connectivity index (χ0v) is 14.9. The van der Waals surface area contributed by atoms with Crippen molar-refractivity contribution in [1.82, 2.24) is 4.90 Å². The lowest BCUT2D eigenvalue weighted by atomic mass is 9.83. The molecular weight excluding hydrogens is 341 g/mol. The number of benzene rings is 1. The van der Waals surface area contributed by atoms with Crippen molar-refractivity contribution in [2.24, 2.45) is 10.9 Å². The maximum absolute atomic E-state index is 13.2. The molecule has 1 aromatic carbocycles. The second-order valence-corrected chi connectivity index (χ2v) is 7.16. The Kier molecular flexibility index (Phi) is 5.21. The number of carbonyl (C=O) groups excluding carboxylic acids is 1. The summed E-state index contributed by atoms with van der Waals surface area (Å²) >= 11 is 0. The van der Waals surface area contributed by atoms with Crippen LogP contribution < -0.4 is 0 Å². The molecule has 1 atom stereocenters. The Morgan fingerprint density at radius 3 is 2.62 bits per heavy atom. The van der Waals surface area contributed by atoms with Crippen LogP contribution in [-0.2, 0) is 11.0 Å². The Hall–Kier alpha value is -2.11. The first-order valence-electron chi connectivity index (χ1n) is 9.01. The van der Waals surface area contributed by atoms with Crippen molar-refractivity contribution in [2.45, 2.75) is 57.7 Å². The van der Waals surface area contributed by atoms with Crippen LogP contribution in [0.4, 0.5) is 18.9 Å². The maximum atomic E-state index is 13.2. The van der Waals surface area contributed by atoms with E-state index in [1.165, 1.54) is 38.6 Å². The molecule has 2 aliphatic rings. The molecule has 0 amide bonds. The smallest absolute Gasteiger partial charge is 0.322 e. The number of hydrogen-bond donors (Lipinski definition) is 0. The molecule has 140 valence electrons. The van der Waals surface area contributed by atoms with E-state index in [0.29, 0.717) is 23.6 Å². The predicted molar refractivity (Wildman–Crippen MR) is 96.1 cm³/mol. The van der Waals surface area contributed by atoms with Gasteiger partial charge in [0.1, 0.15) is 0 Å². The highest BCUT2D eigenvalue weighted by Gasteiger charge is 2.37. The van der Waals surface area contributed by atoms with E-state index in [1.807, 2.05) is 0 Å². The quantitative estimate of drug-likeness (QED) is 0.699. The summed E-state index contributed by atoms with van der Waals surface area (Å²) in [5.41, 5.74) is -0.172. The topological polar surface area (TPSA) is 32.7 Å². The summed E-state index contributed by atoms with van der Waals surface area (Å²) in [6.45, 7) is 5.50. The lowest BCUT2D eigenvalue weighted by Crippen LogP contribution is -2.40. The minimum atomic E-state index is -4.48. The summed E-state index contributed by atoms with van der Waals surface area (Å²) in [4.78, 5) is 18.0. The van der Waals surface area contributed by atoms with Gasteiger partial charge >= 0.3 is 6.18 Å². The Labute approximate surface area is 151 Å². The van der Waals surface area contributed by atoms with Crippen molar-refractivity contribution in [3.63, 3.8) is 0 Å². The van der Waals surface area contributed by atoms with Gasteiger partial charge in [-0.25, -0.2) is 4.99 Å². The summed E-state index contributed by atoms with van der Waals surface area (Å²) in [6.07, 6.45) is 3.31. The monoisotopic (exact) mass is 364 g/mol. The zero-order chi connectivity index (χ0) is 18.9. The number of fused-ring (bicyclic) bond motifs is 1. The Morgan fingerprint density at radius 1 is 1.31 bits per heavy atom. The molecule has 1 aromatic rings. The Bertz CT molecular complexity index is 733. The van der Waals surface area contributed by atoms with Crippen molar-refractivity contribution in [3.05, 3.63) is 35.9 Å². The summed E-state index contributed by atoms with van der Waals surface area (Å²) in [7, 11) is 0. The average molecular weight is 364 g/mol. The van der Waals surface area contributed by atoms with E-state index in [9.17, 15) is 18.0 Å². The molecular formula is C20H23F3N2O. The van der Waals surface area contributed by atoms with Gasteiger partial charge in [0.2, 0.25) is 0 Å². The first-order chi connectivity index (χ1) is 12.3. The number of halogens is 3.